The summed E-state index contributed by atoms with van der Waals surface area (Å²) >= 11 is 0. The van der Waals surface area contributed by atoms with Crippen molar-refractivity contribution in [2.45, 2.75) is 13.5 Å². The van der Waals surface area contributed by atoms with Crippen LogP contribution in [-0.2, 0) is 6.54 Å². The third-order valence-corrected chi connectivity index (χ3v) is 4.20. The van der Waals surface area contributed by atoms with Crippen LogP contribution in [0.2, 0.25) is 0 Å². The van der Waals surface area contributed by atoms with Crippen LogP contribution in [0, 0.1) is 0 Å². The van der Waals surface area contributed by atoms with E-state index in [1.807, 2.05) is 18.2 Å². The number of aromatic nitrogens is 3. The molecule has 0 saturated carbocycles. The highest BCUT2D eigenvalue weighted by molar-refractivity contribution is 5.92. The summed E-state index contributed by atoms with van der Waals surface area (Å²) in [6.07, 6.45) is 3.43. The van der Waals surface area contributed by atoms with Gasteiger partial charge in [-0.1, -0.05) is 13.0 Å². The minimum absolute atomic E-state index is 0.228. The Balaban J connectivity index is 1.55. The van der Waals surface area contributed by atoms with Crippen molar-refractivity contribution in [3.63, 3.8) is 0 Å². The fourth-order valence-electron chi connectivity index (χ4n) is 2.68. The van der Waals surface area contributed by atoms with E-state index < -0.39 is 0 Å². The Morgan fingerprint density at radius 2 is 2.00 bits per heavy atom. The van der Waals surface area contributed by atoms with Gasteiger partial charge in [0.25, 0.3) is 5.91 Å². The molecule has 0 aromatic carbocycles. The van der Waals surface area contributed by atoms with Gasteiger partial charge in [-0.15, -0.1) is 10.2 Å². The minimum atomic E-state index is -0.228. The van der Waals surface area contributed by atoms with E-state index in [1.165, 1.54) is 0 Å². The maximum Gasteiger partial charge on any atom is 0.272 e. The Morgan fingerprint density at radius 3 is 2.62 bits per heavy atom. The molecule has 0 unspecified atom stereocenters. The monoisotopic (exact) mass is 326 g/mol. The standard InChI is InChI=1S/C17H22N6O/c1-2-22-8-10-23(11-9-22)16-6-5-15(20-21-16)17(24)19-13-14-4-3-7-18-12-14/h3-7,12H,2,8-11,13H2,1H3,(H,19,24). The van der Waals surface area contributed by atoms with Crippen LogP contribution < -0.4 is 10.2 Å². The summed E-state index contributed by atoms with van der Waals surface area (Å²) in [5, 5.41) is 11.1. The molecule has 1 saturated heterocycles. The van der Waals surface area contributed by atoms with E-state index in [2.05, 4.69) is 37.2 Å². The van der Waals surface area contributed by atoms with Gasteiger partial charge in [0.2, 0.25) is 0 Å². The van der Waals surface area contributed by atoms with Gasteiger partial charge in [-0.05, 0) is 30.3 Å². The van der Waals surface area contributed by atoms with E-state index >= 15 is 0 Å². The molecule has 0 atom stereocenters. The van der Waals surface area contributed by atoms with Crippen molar-refractivity contribution >= 4 is 11.7 Å². The van der Waals surface area contributed by atoms with Crippen molar-refractivity contribution in [3.05, 3.63) is 47.9 Å². The van der Waals surface area contributed by atoms with Crippen LogP contribution >= 0.6 is 0 Å². The first-order valence-electron chi connectivity index (χ1n) is 8.24. The first kappa shape index (κ1) is 16.3. The third kappa shape index (κ3) is 4.05. The number of pyridine rings is 1. The van der Waals surface area contributed by atoms with Gasteiger partial charge in [0, 0.05) is 45.1 Å². The molecule has 7 heteroatoms. The van der Waals surface area contributed by atoms with E-state index in [0.29, 0.717) is 12.2 Å². The van der Waals surface area contributed by atoms with Crippen molar-refractivity contribution in [2.75, 3.05) is 37.6 Å². The zero-order chi connectivity index (χ0) is 16.8. The molecule has 1 aliphatic rings. The first-order valence-corrected chi connectivity index (χ1v) is 8.24. The highest BCUT2D eigenvalue weighted by Crippen LogP contribution is 2.12. The summed E-state index contributed by atoms with van der Waals surface area (Å²) in [4.78, 5) is 20.8. The molecule has 2 aromatic heterocycles. The van der Waals surface area contributed by atoms with Crippen molar-refractivity contribution in [1.29, 1.82) is 0 Å². The highest BCUT2D eigenvalue weighted by Gasteiger charge is 2.17. The average Bonchev–Trinajstić information content (AvgIpc) is 2.67. The van der Waals surface area contributed by atoms with E-state index in [9.17, 15) is 4.79 Å². The van der Waals surface area contributed by atoms with E-state index in [4.69, 9.17) is 0 Å². The molecule has 3 heterocycles. The Kier molecular flexibility index (Phi) is 5.32. The molecule has 7 nitrogen and oxygen atoms in total. The molecule has 1 fully saturated rings. The lowest BCUT2D eigenvalue weighted by Gasteiger charge is -2.34. The molecule has 0 bridgehead atoms. The van der Waals surface area contributed by atoms with Gasteiger partial charge in [-0.25, -0.2) is 0 Å². The first-order chi connectivity index (χ1) is 11.8. The molecule has 0 aliphatic carbocycles. The van der Waals surface area contributed by atoms with Crippen LogP contribution in [0.3, 0.4) is 0 Å². The fourth-order valence-corrected chi connectivity index (χ4v) is 2.68. The van der Waals surface area contributed by atoms with E-state index in [1.54, 1.807) is 18.5 Å². The SMILES string of the molecule is CCN1CCN(c2ccc(C(=O)NCc3cccnc3)nn2)CC1. The largest absolute Gasteiger partial charge is 0.353 e. The molecule has 0 radical (unpaired) electrons. The smallest absolute Gasteiger partial charge is 0.272 e. The number of likely N-dealkylation sites (N-methyl/N-ethyl adjacent to an activating group) is 1. The Hall–Kier alpha value is -2.54. The highest BCUT2D eigenvalue weighted by atomic mass is 16.1. The van der Waals surface area contributed by atoms with Crippen LogP contribution in [-0.4, -0.2) is 58.7 Å². The molecule has 126 valence electrons. The van der Waals surface area contributed by atoms with Gasteiger partial charge < -0.3 is 15.1 Å². The predicted octanol–water partition coefficient (Wildman–Crippen LogP) is 0.943. The molecule has 1 aliphatic heterocycles. The number of nitrogens with zero attached hydrogens (tertiary/aromatic N) is 5. The van der Waals surface area contributed by atoms with Crippen molar-refractivity contribution in [2.24, 2.45) is 0 Å². The summed E-state index contributed by atoms with van der Waals surface area (Å²) in [7, 11) is 0. The number of amides is 1. The third-order valence-electron chi connectivity index (χ3n) is 4.20. The van der Waals surface area contributed by atoms with Crippen LogP contribution in [0.5, 0.6) is 0 Å². The molecule has 0 spiro atoms. The van der Waals surface area contributed by atoms with E-state index in [0.717, 1.165) is 44.1 Å². The van der Waals surface area contributed by atoms with Gasteiger partial charge in [-0.3, -0.25) is 9.78 Å². The second-order valence-corrected chi connectivity index (χ2v) is 5.74. The van der Waals surface area contributed by atoms with Gasteiger partial charge >= 0.3 is 0 Å². The Morgan fingerprint density at radius 1 is 1.17 bits per heavy atom. The van der Waals surface area contributed by atoms with Crippen LogP contribution in [0.15, 0.2) is 36.7 Å². The molecular weight excluding hydrogens is 304 g/mol. The van der Waals surface area contributed by atoms with Crippen molar-refractivity contribution in [1.82, 2.24) is 25.4 Å². The topological polar surface area (TPSA) is 74.2 Å². The van der Waals surface area contributed by atoms with Crippen LogP contribution in [0.4, 0.5) is 5.82 Å². The maximum atomic E-state index is 12.1. The number of nitrogens with one attached hydrogen (secondary N) is 1. The lowest BCUT2D eigenvalue weighted by atomic mass is 10.2. The van der Waals surface area contributed by atoms with Gasteiger partial charge in [-0.2, -0.15) is 0 Å². The molecule has 1 amide bonds. The Labute approximate surface area is 141 Å². The summed E-state index contributed by atoms with van der Waals surface area (Å²) < 4.78 is 0. The Bertz CT molecular complexity index is 653. The normalized spacial score (nSPS) is 15.3. The number of piperazine rings is 1. The quantitative estimate of drug-likeness (QED) is 0.881. The molecule has 24 heavy (non-hydrogen) atoms. The number of carbonyl (C=O) groups excluding carboxylic acids is 1. The summed E-state index contributed by atoms with van der Waals surface area (Å²) in [5.41, 5.74) is 1.28. The maximum absolute atomic E-state index is 12.1. The number of rotatable bonds is 5. The fraction of sp³-hybridized carbons (Fsp3) is 0.412. The number of hydrogen-bond donors (Lipinski definition) is 1. The summed E-state index contributed by atoms with van der Waals surface area (Å²) in [5.74, 6) is 0.600. The second kappa shape index (κ2) is 7.83. The second-order valence-electron chi connectivity index (χ2n) is 5.74. The minimum Gasteiger partial charge on any atom is -0.353 e. The molecule has 1 N–H and O–H groups in total. The zero-order valence-electron chi connectivity index (χ0n) is 13.9. The summed E-state index contributed by atoms with van der Waals surface area (Å²) in [6, 6.07) is 7.35. The number of hydrogen-bond acceptors (Lipinski definition) is 6. The number of carbonyl (C=O) groups is 1. The zero-order valence-corrected chi connectivity index (χ0v) is 13.9. The predicted molar refractivity (Wildman–Crippen MR) is 91.8 cm³/mol. The van der Waals surface area contributed by atoms with Crippen LogP contribution in [0.1, 0.15) is 23.0 Å². The van der Waals surface area contributed by atoms with Crippen molar-refractivity contribution in [3.8, 4) is 0 Å². The average molecular weight is 326 g/mol. The van der Waals surface area contributed by atoms with Gasteiger partial charge in [0.1, 0.15) is 0 Å². The van der Waals surface area contributed by atoms with Gasteiger partial charge in [0.05, 0.1) is 0 Å². The van der Waals surface area contributed by atoms with Crippen molar-refractivity contribution < 1.29 is 4.79 Å². The molecule has 2 aromatic rings. The van der Waals surface area contributed by atoms with Gasteiger partial charge in [0.15, 0.2) is 11.5 Å². The lowest BCUT2D eigenvalue weighted by molar-refractivity contribution is 0.0945. The van der Waals surface area contributed by atoms with E-state index in [-0.39, 0.29) is 5.91 Å². The lowest BCUT2D eigenvalue weighted by Crippen LogP contribution is -2.46. The molecular formula is C17H22N6O. The number of anilines is 1. The molecule has 3 rings (SSSR count). The van der Waals surface area contributed by atoms with Crippen LogP contribution in [0.25, 0.3) is 0 Å². The summed E-state index contributed by atoms with van der Waals surface area (Å²) in [6.45, 7) is 7.63.